The van der Waals surface area contributed by atoms with Crippen molar-refractivity contribution in [2.45, 2.75) is 6.92 Å². The van der Waals surface area contributed by atoms with Crippen LogP contribution in [0.15, 0.2) is 60.9 Å². The molecule has 0 fully saturated rings. The van der Waals surface area contributed by atoms with Crippen LogP contribution in [0.5, 0.6) is 11.5 Å². The molecule has 0 aliphatic rings. The number of carbonyl (C=O) groups excluding carboxylic acids is 1. The number of hydrogen-bond acceptors (Lipinski definition) is 5. The van der Waals surface area contributed by atoms with Crippen LogP contribution < -0.4 is 15.8 Å². The first-order valence-corrected chi connectivity index (χ1v) is 7.35. The van der Waals surface area contributed by atoms with Gasteiger partial charge in [-0.15, -0.1) is 0 Å². The molecule has 1 amide bonds. The van der Waals surface area contributed by atoms with Crippen molar-refractivity contribution in [1.82, 2.24) is 9.97 Å². The Labute approximate surface area is 139 Å². The van der Waals surface area contributed by atoms with E-state index in [-0.39, 0.29) is 11.5 Å². The molecular formula is C18H16N4O2. The number of nitrogens with zero attached hydrogens (tertiary/aromatic N) is 2. The fraction of sp³-hybridized carbons (Fsp3) is 0.0556. The Balaban J connectivity index is 1.88. The van der Waals surface area contributed by atoms with E-state index >= 15 is 0 Å². The zero-order valence-corrected chi connectivity index (χ0v) is 13.1. The largest absolute Gasteiger partial charge is 0.455 e. The van der Waals surface area contributed by atoms with Crippen molar-refractivity contribution < 1.29 is 9.53 Å². The second-order valence-electron chi connectivity index (χ2n) is 5.16. The monoisotopic (exact) mass is 320 g/mol. The summed E-state index contributed by atoms with van der Waals surface area (Å²) in [5.74, 6) is 0.843. The van der Waals surface area contributed by atoms with Gasteiger partial charge in [-0.1, -0.05) is 24.3 Å². The molecule has 6 heteroatoms. The molecule has 3 N–H and O–H groups in total. The molecule has 0 saturated heterocycles. The molecule has 0 bridgehead atoms. The SMILES string of the molecule is Cc1ccc(Oc2ccccc2)c(NC(=O)c2nccnc2N)c1. The van der Waals surface area contributed by atoms with Gasteiger partial charge in [0.25, 0.3) is 5.91 Å². The highest BCUT2D eigenvalue weighted by Crippen LogP contribution is 2.30. The molecule has 0 unspecified atom stereocenters. The first-order valence-electron chi connectivity index (χ1n) is 7.35. The van der Waals surface area contributed by atoms with Crippen molar-refractivity contribution in [3.05, 3.63) is 72.2 Å². The number of aryl methyl sites for hydroxylation is 1. The smallest absolute Gasteiger partial charge is 0.278 e. The molecule has 0 atom stereocenters. The molecule has 0 saturated carbocycles. The Morgan fingerprint density at radius 2 is 1.83 bits per heavy atom. The maximum Gasteiger partial charge on any atom is 0.278 e. The van der Waals surface area contributed by atoms with E-state index in [1.165, 1.54) is 12.4 Å². The van der Waals surface area contributed by atoms with Crippen LogP contribution >= 0.6 is 0 Å². The number of nitrogens with two attached hydrogens (primary N) is 1. The minimum atomic E-state index is -0.441. The fourth-order valence-electron chi connectivity index (χ4n) is 2.15. The topological polar surface area (TPSA) is 90.1 Å². The number of benzene rings is 2. The van der Waals surface area contributed by atoms with Gasteiger partial charge in [0.15, 0.2) is 17.3 Å². The number of aromatic nitrogens is 2. The number of hydrogen-bond donors (Lipinski definition) is 2. The quantitative estimate of drug-likeness (QED) is 0.769. The normalized spacial score (nSPS) is 10.2. The summed E-state index contributed by atoms with van der Waals surface area (Å²) in [5, 5.41) is 2.78. The zero-order chi connectivity index (χ0) is 16.9. The summed E-state index contributed by atoms with van der Waals surface area (Å²) in [6, 6.07) is 14.9. The van der Waals surface area contributed by atoms with Crippen molar-refractivity contribution in [3.63, 3.8) is 0 Å². The summed E-state index contributed by atoms with van der Waals surface area (Å²) in [5.41, 5.74) is 7.29. The van der Waals surface area contributed by atoms with Gasteiger partial charge in [-0.05, 0) is 36.8 Å². The van der Waals surface area contributed by atoms with Gasteiger partial charge in [-0.3, -0.25) is 4.79 Å². The van der Waals surface area contributed by atoms with Gasteiger partial charge >= 0.3 is 0 Å². The molecule has 6 nitrogen and oxygen atoms in total. The molecule has 0 spiro atoms. The highest BCUT2D eigenvalue weighted by molar-refractivity contribution is 6.06. The van der Waals surface area contributed by atoms with Gasteiger partial charge in [0.2, 0.25) is 0 Å². The second kappa shape index (κ2) is 6.78. The summed E-state index contributed by atoms with van der Waals surface area (Å²) >= 11 is 0. The van der Waals surface area contributed by atoms with E-state index in [9.17, 15) is 4.79 Å². The third-order valence-corrected chi connectivity index (χ3v) is 3.30. The lowest BCUT2D eigenvalue weighted by Crippen LogP contribution is -2.17. The predicted molar refractivity (Wildman–Crippen MR) is 92.1 cm³/mol. The van der Waals surface area contributed by atoms with E-state index in [2.05, 4.69) is 15.3 Å². The third kappa shape index (κ3) is 3.49. The summed E-state index contributed by atoms with van der Waals surface area (Å²) in [4.78, 5) is 20.2. The molecule has 3 aromatic rings. The number of carbonyl (C=O) groups is 1. The van der Waals surface area contributed by atoms with Crippen molar-refractivity contribution in [2.24, 2.45) is 0 Å². The van der Waals surface area contributed by atoms with E-state index < -0.39 is 5.91 Å². The number of amides is 1. The summed E-state index contributed by atoms with van der Waals surface area (Å²) in [6.45, 7) is 1.93. The van der Waals surface area contributed by atoms with Crippen LogP contribution in [0.1, 0.15) is 16.1 Å². The van der Waals surface area contributed by atoms with Crippen molar-refractivity contribution in [2.75, 3.05) is 11.1 Å². The van der Waals surface area contributed by atoms with Crippen LogP contribution in [0.4, 0.5) is 11.5 Å². The Morgan fingerprint density at radius 1 is 1.08 bits per heavy atom. The molecule has 0 aliphatic heterocycles. The van der Waals surface area contributed by atoms with Crippen LogP contribution in [0, 0.1) is 6.92 Å². The number of nitrogen functional groups attached to an aromatic ring is 1. The van der Waals surface area contributed by atoms with Crippen LogP contribution in [0.2, 0.25) is 0 Å². The lowest BCUT2D eigenvalue weighted by molar-refractivity contribution is 0.102. The van der Waals surface area contributed by atoms with Gasteiger partial charge in [-0.25, -0.2) is 9.97 Å². The second-order valence-corrected chi connectivity index (χ2v) is 5.16. The molecule has 2 aromatic carbocycles. The molecule has 1 aromatic heterocycles. The molecule has 120 valence electrons. The lowest BCUT2D eigenvalue weighted by atomic mass is 10.2. The van der Waals surface area contributed by atoms with Crippen molar-refractivity contribution in [1.29, 1.82) is 0 Å². The summed E-state index contributed by atoms with van der Waals surface area (Å²) in [6.07, 6.45) is 2.85. The van der Waals surface area contributed by atoms with E-state index in [1.54, 1.807) is 6.07 Å². The predicted octanol–water partition coefficient (Wildman–Crippen LogP) is 3.41. The van der Waals surface area contributed by atoms with Crippen LogP contribution in [0.3, 0.4) is 0 Å². The lowest BCUT2D eigenvalue weighted by Gasteiger charge is -2.13. The van der Waals surface area contributed by atoms with E-state index in [1.807, 2.05) is 49.4 Å². The Kier molecular flexibility index (Phi) is 4.38. The van der Waals surface area contributed by atoms with Gasteiger partial charge in [0.05, 0.1) is 5.69 Å². The van der Waals surface area contributed by atoms with E-state index in [0.717, 1.165) is 5.56 Å². The molecule has 3 rings (SSSR count). The Hall–Kier alpha value is -3.41. The van der Waals surface area contributed by atoms with Crippen LogP contribution in [-0.2, 0) is 0 Å². The van der Waals surface area contributed by atoms with Gasteiger partial charge in [0, 0.05) is 12.4 Å². The first-order chi connectivity index (χ1) is 11.6. The number of rotatable bonds is 4. The minimum Gasteiger partial charge on any atom is -0.455 e. The molecule has 0 aliphatic carbocycles. The minimum absolute atomic E-state index is 0.0738. The van der Waals surface area contributed by atoms with Gasteiger partial charge < -0.3 is 15.8 Å². The van der Waals surface area contributed by atoms with E-state index in [4.69, 9.17) is 10.5 Å². The van der Waals surface area contributed by atoms with Gasteiger partial charge in [0.1, 0.15) is 5.75 Å². The zero-order valence-electron chi connectivity index (χ0n) is 13.1. The van der Waals surface area contributed by atoms with Gasteiger partial charge in [-0.2, -0.15) is 0 Å². The van der Waals surface area contributed by atoms with E-state index in [0.29, 0.717) is 17.2 Å². The molecular weight excluding hydrogens is 304 g/mol. The highest BCUT2D eigenvalue weighted by atomic mass is 16.5. The van der Waals surface area contributed by atoms with Crippen molar-refractivity contribution in [3.8, 4) is 11.5 Å². The standard InChI is InChI=1S/C18H16N4O2/c1-12-7-8-15(24-13-5-3-2-4-6-13)14(11-12)22-18(23)16-17(19)21-10-9-20-16/h2-11H,1H3,(H2,19,21)(H,22,23). The van der Waals surface area contributed by atoms with Crippen LogP contribution in [0.25, 0.3) is 0 Å². The molecule has 0 radical (unpaired) electrons. The number of ether oxygens (including phenoxy) is 1. The summed E-state index contributed by atoms with van der Waals surface area (Å²) in [7, 11) is 0. The third-order valence-electron chi connectivity index (χ3n) is 3.30. The maximum atomic E-state index is 12.4. The average Bonchev–Trinajstić information content (AvgIpc) is 2.58. The highest BCUT2D eigenvalue weighted by Gasteiger charge is 2.15. The molecule has 24 heavy (non-hydrogen) atoms. The molecule has 1 heterocycles. The maximum absolute atomic E-state index is 12.4. The average molecular weight is 320 g/mol. The summed E-state index contributed by atoms with van der Waals surface area (Å²) < 4.78 is 5.85. The number of anilines is 2. The Bertz CT molecular complexity index is 866. The fourth-order valence-corrected chi connectivity index (χ4v) is 2.15. The Morgan fingerprint density at radius 3 is 2.58 bits per heavy atom. The first kappa shape index (κ1) is 15.5. The van der Waals surface area contributed by atoms with Crippen molar-refractivity contribution >= 4 is 17.4 Å². The number of para-hydroxylation sites is 1. The van der Waals surface area contributed by atoms with Crippen LogP contribution in [-0.4, -0.2) is 15.9 Å². The number of nitrogens with one attached hydrogen (secondary N) is 1.